The van der Waals surface area contributed by atoms with Crippen LogP contribution in [0.1, 0.15) is 11.1 Å². The zero-order valence-corrected chi connectivity index (χ0v) is 12.8. The Kier molecular flexibility index (Phi) is 3.44. The molecule has 0 aliphatic heterocycles. The van der Waals surface area contributed by atoms with E-state index in [0.717, 1.165) is 23.3 Å². The van der Waals surface area contributed by atoms with E-state index in [-0.39, 0.29) is 11.3 Å². The van der Waals surface area contributed by atoms with Gasteiger partial charge in [-0.25, -0.2) is 4.98 Å². The monoisotopic (exact) mass is 327 g/mol. The highest BCUT2D eigenvalue weighted by atomic mass is 16.6. The number of aromatic nitrogens is 2. The summed E-state index contributed by atoms with van der Waals surface area (Å²) in [5, 5.41) is 30.2. The Morgan fingerprint density at radius 3 is 2.46 bits per heavy atom. The first kappa shape index (κ1) is 15.5. The van der Waals surface area contributed by atoms with Crippen molar-refractivity contribution in [1.29, 1.82) is 0 Å². The zero-order chi connectivity index (χ0) is 17.6. The van der Waals surface area contributed by atoms with Crippen LogP contribution in [0.4, 0.5) is 5.69 Å². The van der Waals surface area contributed by atoms with Gasteiger partial charge < -0.3 is 15.2 Å². The number of H-pyrrole nitrogens is 1. The van der Waals surface area contributed by atoms with E-state index >= 15 is 0 Å². The molecular formula is C16H13N3O5. The second-order valence-corrected chi connectivity index (χ2v) is 5.49. The summed E-state index contributed by atoms with van der Waals surface area (Å²) in [7, 11) is 0. The SMILES string of the molecule is Cc1cc2nc(-c3cc(O)c(O)c([N+](=O)[O-])c3)c(=O)[nH]c2cc1C. The number of aryl methyl sites for hydroxylation is 2. The first-order valence-corrected chi connectivity index (χ1v) is 7.00. The van der Waals surface area contributed by atoms with Crippen LogP contribution in [-0.2, 0) is 0 Å². The molecule has 1 heterocycles. The Balaban J connectivity index is 2.30. The molecule has 8 nitrogen and oxygen atoms in total. The van der Waals surface area contributed by atoms with E-state index in [1.165, 1.54) is 0 Å². The molecule has 0 saturated heterocycles. The van der Waals surface area contributed by atoms with Crippen molar-refractivity contribution in [2.45, 2.75) is 13.8 Å². The maximum atomic E-state index is 12.3. The van der Waals surface area contributed by atoms with Crippen molar-refractivity contribution in [1.82, 2.24) is 9.97 Å². The van der Waals surface area contributed by atoms with Crippen LogP contribution < -0.4 is 5.56 Å². The molecule has 0 amide bonds. The van der Waals surface area contributed by atoms with Gasteiger partial charge in [0.05, 0.1) is 16.0 Å². The summed E-state index contributed by atoms with van der Waals surface area (Å²) in [4.78, 5) is 29.3. The summed E-state index contributed by atoms with van der Waals surface area (Å²) < 4.78 is 0. The number of nitro benzene ring substituents is 1. The Labute approximate surface area is 135 Å². The molecule has 0 aliphatic carbocycles. The maximum Gasteiger partial charge on any atom is 0.315 e. The molecule has 3 N–H and O–H groups in total. The van der Waals surface area contributed by atoms with Crippen molar-refractivity contribution in [3.63, 3.8) is 0 Å². The normalized spacial score (nSPS) is 10.9. The van der Waals surface area contributed by atoms with Gasteiger partial charge in [-0.05, 0) is 43.2 Å². The van der Waals surface area contributed by atoms with Crippen LogP contribution in [0.3, 0.4) is 0 Å². The van der Waals surface area contributed by atoms with E-state index in [1.54, 1.807) is 12.1 Å². The molecule has 3 aromatic rings. The lowest BCUT2D eigenvalue weighted by atomic mass is 10.1. The fraction of sp³-hybridized carbons (Fsp3) is 0.125. The Morgan fingerprint density at radius 1 is 1.12 bits per heavy atom. The largest absolute Gasteiger partial charge is 0.504 e. The van der Waals surface area contributed by atoms with Gasteiger partial charge in [0, 0.05) is 11.6 Å². The quantitative estimate of drug-likeness (QED) is 0.377. The van der Waals surface area contributed by atoms with Crippen LogP contribution in [0.15, 0.2) is 29.1 Å². The summed E-state index contributed by atoms with van der Waals surface area (Å²) >= 11 is 0. The van der Waals surface area contributed by atoms with Crippen molar-refractivity contribution in [3.05, 3.63) is 55.9 Å². The lowest BCUT2D eigenvalue weighted by Gasteiger charge is -2.07. The number of phenols is 2. The molecule has 1 aromatic heterocycles. The number of benzene rings is 2. The molecule has 8 heteroatoms. The standard InChI is InChI=1S/C16H13N3O5/c1-7-3-10-11(4-8(7)2)18-16(22)14(17-10)9-5-12(19(23)24)15(21)13(20)6-9/h3-6,20-21H,1-2H3,(H,18,22). The van der Waals surface area contributed by atoms with Crippen LogP contribution >= 0.6 is 0 Å². The molecule has 0 saturated carbocycles. The van der Waals surface area contributed by atoms with Crippen molar-refractivity contribution in [2.24, 2.45) is 0 Å². The molecule has 2 aromatic carbocycles. The second-order valence-electron chi connectivity index (χ2n) is 5.49. The van der Waals surface area contributed by atoms with Gasteiger partial charge >= 0.3 is 5.69 Å². The van der Waals surface area contributed by atoms with E-state index in [4.69, 9.17) is 0 Å². The van der Waals surface area contributed by atoms with Gasteiger partial charge in [-0.2, -0.15) is 0 Å². The van der Waals surface area contributed by atoms with Crippen LogP contribution in [0.5, 0.6) is 11.5 Å². The fourth-order valence-electron chi connectivity index (χ4n) is 2.42. The molecule has 0 unspecified atom stereocenters. The minimum Gasteiger partial charge on any atom is -0.504 e. The number of phenolic OH excluding ortho intramolecular Hbond substituents is 2. The average Bonchev–Trinajstić information content (AvgIpc) is 2.51. The van der Waals surface area contributed by atoms with Crippen molar-refractivity contribution >= 4 is 16.7 Å². The summed E-state index contributed by atoms with van der Waals surface area (Å²) in [5.41, 5.74) is 1.74. The fourth-order valence-corrected chi connectivity index (χ4v) is 2.42. The zero-order valence-electron chi connectivity index (χ0n) is 12.8. The predicted molar refractivity (Wildman–Crippen MR) is 87.3 cm³/mol. The maximum absolute atomic E-state index is 12.3. The third-order valence-electron chi connectivity index (χ3n) is 3.85. The average molecular weight is 327 g/mol. The van der Waals surface area contributed by atoms with E-state index in [1.807, 2.05) is 13.8 Å². The summed E-state index contributed by atoms with van der Waals surface area (Å²) in [6, 6.07) is 5.64. The molecule has 0 spiro atoms. The molecule has 0 aliphatic rings. The minimum absolute atomic E-state index is 0.0402. The smallest absolute Gasteiger partial charge is 0.315 e. The highest BCUT2D eigenvalue weighted by Gasteiger charge is 2.21. The summed E-state index contributed by atoms with van der Waals surface area (Å²) in [6.45, 7) is 3.81. The molecule has 3 rings (SSSR count). The summed E-state index contributed by atoms with van der Waals surface area (Å²) in [6.07, 6.45) is 0. The van der Waals surface area contributed by atoms with Crippen LogP contribution in [0.2, 0.25) is 0 Å². The molecule has 0 radical (unpaired) electrons. The van der Waals surface area contributed by atoms with E-state index in [9.17, 15) is 25.1 Å². The molecule has 122 valence electrons. The lowest BCUT2D eigenvalue weighted by molar-refractivity contribution is -0.385. The highest BCUT2D eigenvalue weighted by Crippen LogP contribution is 2.38. The Bertz CT molecular complexity index is 1060. The first-order chi connectivity index (χ1) is 11.3. The van der Waals surface area contributed by atoms with Crippen LogP contribution in [0.25, 0.3) is 22.3 Å². The van der Waals surface area contributed by atoms with Gasteiger partial charge in [0.1, 0.15) is 5.69 Å². The molecule has 0 fully saturated rings. The first-order valence-electron chi connectivity index (χ1n) is 7.00. The third-order valence-corrected chi connectivity index (χ3v) is 3.85. The number of rotatable bonds is 2. The van der Waals surface area contributed by atoms with Crippen LogP contribution in [0, 0.1) is 24.0 Å². The van der Waals surface area contributed by atoms with Crippen molar-refractivity contribution in [2.75, 3.05) is 0 Å². The number of hydrogen-bond acceptors (Lipinski definition) is 6. The predicted octanol–water partition coefficient (Wildman–Crippen LogP) is 2.53. The summed E-state index contributed by atoms with van der Waals surface area (Å²) in [5.74, 6) is -1.55. The Hall–Kier alpha value is -3.42. The lowest BCUT2D eigenvalue weighted by Crippen LogP contribution is -2.12. The van der Waals surface area contributed by atoms with Gasteiger partial charge in [0.15, 0.2) is 5.75 Å². The molecule has 0 atom stereocenters. The topological polar surface area (TPSA) is 129 Å². The number of fused-ring (bicyclic) bond motifs is 1. The van der Waals surface area contributed by atoms with Gasteiger partial charge in [-0.3, -0.25) is 14.9 Å². The highest BCUT2D eigenvalue weighted by molar-refractivity contribution is 5.79. The van der Waals surface area contributed by atoms with Crippen molar-refractivity contribution < 1.29 is 15.1 Å². The number of aromatic amines is 1. The van der Waals surface area contributed by atoms with Gasteiger partial charge in [-0.15, -0.1) is 0 Å². The number of aromatic hydroxyl groups is 2. The van der Waals surface area contributed by atoms with Crippen LogP contribution in [-0.4, -0.2) is 25.1 Å². The number of nitrogens with zero attached hydrogens (tertiary/aromatic N) is 2. The molecule has 24 heavy (non-hydrogen) atoms. The van der Waals surface area contributed by atoms with E-state index < -0.39 is 27.7 Å². The molecule has 0 bridgehead atoms. The van der Waals surface area contributed by atoms with Gasteiger partial charge in [-0.1, -0.05) is 0 Å². The minimum atomic E-state index is -0.854. The second kappa shape index (κ2) is 5.34. The number of hydrogen-bond donors (Lipinski definition) is 3. The third kappa shape index (κ3) is 2.43. The number of nitro groups is 1. The van der Waals surface area contributed by atoms with E-state index in [0.29, 0.717) is 11.0 Å². The van der Waals surface area contributed by atoms with Gasteiger partial charge in [0.25, 0.3) is 5.56 Å². The van der Waals surface area contributed by atoms with Gasteiger partial charge in [0.2, 0.25) is 5.75 Å². The number of nitrogens with one attached hydrogen (secondary N) is 1. The Morgan fingerprint density at radius 2 is 1.79 bits per heavy atom. The molecular weight excluding hydrogens is 314 g/mol. The van der Waals surface area contributed by atoms with Crippen molar-refractivity contribution in [3.8, 4) is 22.8 Å². The van der Waals surface area contributed by atoms with E-state index in [2.05, 4.69) is 9.97 Å².